The number of nitrogens with zero attached hydrogens (tertiary/aromatic N) is 6. The first-order valence-corrected chi connectivity index (χ1v) is 12.1. The molecule has 0 aromatic carbocycles. The van der Waals surface area contributed by atoms with E-state index in [1.807, 2.05) is 37.1 Å². The first-order valence-electron chi connectivity index (χ1n) is 12.1. The number of methoxy groups -OCH3 is 1. The Balaban J connectivity index is 1.52. The highest BCUT2D eigenvalue weighted by Crippen LogP contribution is 2.38. The predicted molar refractivity (Wildman–Crippen MR) is 128 cm³/mol. The van der Waals surface area contributed by atoms with Crippen LogP contribution in [0.5, 0.6) is 0 Å². The molecule has 0 bridgehead atoms. The van der Waals surface area contributed by atoms with Crippen LogP contribution in [0.2, 0.25) is 0 Å². The number of hydrogen-bond acceptors (Lipinski definition) is 7. The second-order valence-corrected chi connectivity index (χ2v) is 9.64. The quantitative estimate of drug-likeness (QED) is 0.549. The number of ether oxygens (including phenoxy) is 1. The number of nitrogens with one attached hydrogen (secondary N) is 1. The smallest absolute Gasteiger partial charge is 0.247 e. The molecule has 34 heavy (non-hydrogen) atoms. The van der Waals surface area contributed by atoms with Gasteiger partial charge in [0, 0.05) is 55.7 Å². The largest absolute Gasteiger partial charge is 0.393 e. The second-order valence-electron chi connectivity index (χ2n) is 9.64. The predicted octanol–water partition coefficient (Wildman–Crippen LogP) is 2.46. The number of likely N-dealkylation sites (N-methyl/N-ethyl adjacent to an activating group) is 1. The fourth-order valence-corrected chi connectivity index (χ4v) is 5.18. The van der Waals surface area contributed by atoms with E-state index in [4.69, 9.17) is 9.84 Å². The number of aliphatic hydroxyl groups is 1. The van der Waals surface area contributed by atoms with Gasteiger partial charge in [0.05, 0.1) is 30.6 Å². The number of aliphatic hydroxyl groups excluding tert-OH is 1. The van der Waals surface area contributed by atoms with E-state index < -0.39 is 0 Å². The molecular formula is C24H33N7O3. The maximum absolute atomic E-state index is 12.5. The average Bonchev–Trinajstić information content (AvgIpc) is 3.52. The number of anilines is 1. The zero-order valence-electron chi connectivity index (χ0n) is 20.0. The van der Waals surface area contributed by atoms with Crippen LogP contribution in [0.1, 0.15) is 56.7 Å². The standard InChI is InChI=1S/C24H33N7O3/c1-15(14-34-3)27-24-25-12-22-19(10-21(31(22)28-24)16-4-6-18(32)7-5-16)17-11-26-30(13-17)20-8-9-29(2)23(20)33/h10-13,15-16,18,20,32H,4-9,14H2,1-3H3,(H,27,28). The van der Waals surface area contributed by atoms with E-state index in [1.165, 1.54) is 0 Å². The minimum atomic E-state index is -0.249. The van der Waals surface area contributed by atoms with Gasteiger partial charge in [-0.2, -0.15) is 5.10 Å². The maximum atomic E-state index is 12.5. The third kappa shape index (κ3) is 4.27. The lowest BCUT2D eigenvalue weighted by atomic mass is 9.85. The molecule has 3 aromatic heterocycles. The van der Waals surface area contributed by atoms with Gasteiger partial charge in [0.25, 0.3) is 0 Å². The lowest BCUT2D eigenvalue weighted by molar-refractivity contribution is -0.129. The van der Waals surface area contributed by atoms with Crippen molar-refractivity contribution in [2.24, 2.45) is 0 Å². The molecule has 2 unspecified atom stereocenters. The molecule has 2 fully saturated rings. The number of carbonyl (C=O) groups excluding carboxylic acids is 1. The molecule has 10 nitrogen and oxygen atoms in total. The van der Waals surface area contributed by atoms with Crippen LogP contribution < -0.4 is 5.32 Å². The molecule has 2 atom stereocenters. The van der Waals surface area contributed by atoms with Crippen molar-refractivity contribution in [3.63, 3.8) is 0 Å². The lowest BCUT2D eigenvalue weighted by Gasteiger charge is -2.25. The third-order valence-electron chi connectivity index (χ3n) is 7.08. The number of fused-ring (bicyclic) bond motifs is 1. The van der Waals surface area contributed by atoms with Crippen LogP contribution >= 0.6 is 0 Å². The molecule has 1 saturated heterocycles. The minimum absolute atomic E-state index is 0.0751. The molecule has 3 aromatic rings. The minimum Gasteiger partial charge on any atom is -0.393 e. The van der Waals surface area contributed by atoms with Gasteiger partial charge < -0.3 is 20.1 Å². The fourth-order valence-electron chi connectivity index (χ4n) is 5.18. The number of likely N-dealkylation sites (tertiary alicyclic amines) is 1. The Bertz CT molecular complexity index is 1160. The maximum Gasteiger partial charge on any atom is 0.247 e. The summed E-state index contributed by atoms with van der Waals surface area (Å²) in [5.74, 6) is 0.956. The van der Waals surface area contributed by atoms with E-state index >= 15 is 0 Å². The number of amides is 1. The Hall–Kier alpha value is -2.98. The normalized spacial score (nSPS) is 24.2. The van der Waals surface area contributed by atoms with Crippen LogP contribution in [0.15, 0.2) is 24.7 Å². The van der Waals surface area contributed by atoms with Crippen LogP contribution in [-0.4, -0.2) is 79.7 Å². The molecule has 4 heterocycles. The zero-order valence-corrected chi connectivity index (χ0v) is 20.0. The highest BCUT2D eigenvalue weighted by Gasteiger charge is 2.32. The van der Waals surface area contributed by atoms with E-state index in [0.29, 0.717) is 18.5 Å². The second kappa shape index (κ2) is 9.34. The highest BCUT2D eigenvalue weighted by molar-refractivity contribution is 5.83. The van der Waals surface area contributed by atoms with Crippen LogP contribution in [0, 0.1) is 0 Å². The summed E-state index contributed by atoms with van der Waals surface area (Å²) < 4.78 is 8.99. The molecular weight excluding hydrogens is 434 g/mol. The summed E-state index contributed by atoms with van der Waals surface area (Å²) in [6.45, 7) is 3.33. The van der Waals surface area contributed by atoms with Gasteiger partial charge in [-0.25, -0.2) is 9.50 Å². The Kier molecular flexibility index (Phi) is 6.26. The molecule has 10 heteroatoms. The number of carbonyl (C=O) groups is 1. The molecule has 0 spiro atoms. The molecule has 1 aliphatic carbocycles. The summed E-state index contributed by atoms with van der Waals surface area (Å²) in [6.07, 6.45) is 9.60. The van der Waals surface area contributed by atoms with E-state index in [1.54, 1.807) is 16.7 Å². The molecule has 2 N–H and O–H groups in total. The Labute approximate surface area is 198 Å². The molecule has 182 valence electrons. The van der Waals surface area contributed by atoms with Gasteiger partial charge in [0.15, 0.2) is 0 Å². The number of aromatic nitrogens is 5. The van der Waals surface area contributed by atoms with Crippen LogP contribution in [-0.2, 0) is 9.53 Å². The van der Waals surface area contributed by atoms with Gasteiger partial charge in [-0.15, -0.1) is 5.10 Å². The molecule has 1 aliphatic heterocycles. The molecule has 5 rings (SSSR count). The van der Waals surface area contributed by atoms with Gasteiger partial charge >= 0.3 is 0 Å². The van der Waals surface area contributed by atoms with E-state index in [0.717, 1.165) is 61.0 Å². The topological polar surface area (TPSA) is 110 Å². The third-order valence-corrected chi connectivity index (χ3v) is 7.08. The van der Waals surface area contributed by atoms with Gasteiger partial charge in [-0.05, 0) is 45.1 Å². The summed E-state index contributed by atoms with van der Waals surface area (Å²) in [5, 5.41) is 22.7. The van der Waals surface area contributed by atoms with Crippen molar-refractivity contribution in [2.45, 2.75) is 63.1 Å². The molecule has 1 saturated carbocycles. The van der Waals surface area contributed by atoms with Gasteiger partial charge in [-0.3, -0.25) is 9.48 Å². The SMILES string of the molecule is COCC(C)Nc1ncc2c(-c3cnn(C4CCN(C)C4=O)c3)cc(C3CCC(O)CC3)n2n1. The monoisotopic (exact) mass is 467 g/mol. The molecule has 1 amide bonds. The highest BCUT2D eigenvalue weighted by atomic mass is 16.5. The first-order chi connectivity index (χ1) is 16.4. The van der Waals surface area contributed by atoms with Crippen molar-refractivity contribution in [2.75, 3.05) is 32.6 Å². The summed E-state index contributed by atoms with van der Waals surface area (Å²) in [7, 11) is 3.51. The Morgan fingerprint density at radius 2 is 2.03 bits per heavy atom. The van der Waals surface area contributed by atoms with Crippen molar-refractivity contribution >= 4 is 17.4 Å². The summed E-state index contributed by atoms with van der Waals surface area (Å²) in [4.78, 5) is 18.8. The van der Waals surface area contributed by atoms with Crippen molar-refractivity contribution in [3.05, 3.63) is 30.4 Å². The van der Waals surface area contributed by atoms with Gasteiger partial charge in [0.2, 0.25) is 11.9 Å². The van der Waals surface area contributed by atoms with Gasteiger partial charge in [0.1, 0.15) is 6.04 Å². The summed E-state index contributed by atoms with van der Waals surface area (Å²) >= 11 is 0. The molecule has 2 aliphatic rings. The first kappa shape index (κ1) is 22.8. The lowest BCUT2D eigenvalue weighted by Crippen LogP contribution is -2.24. The van der Waals surface area contributed by atoms with Crippen molar-refractivity contribution < 1.29 is 14.6 Å². The van der Waals surface area contributed by atoms with Gasteiger partial charge in [-0.1, -0.05) is 0 Å². The van der Waals surface area contributed by atoms with Crippen molar-refractivity contribution in [1.29, 1.82) is 0 Å². The van der Waals surface area contributed by atoms with E-state index in [-0.39, 0.29) is 24.1 Å². The fraction of sp³-hybridized carbons (Fsp3) is 0.583. The van der Waals surface area contributed by atoms with E-state index in [9.17, 15) is 9.90 Å². The summed E-state index contributed by atoms with van der Waals surface area (Å²) in [6, 6.07) is 2.01. The zero-order chi connectivity index (χ0) is 23.8. The van der Waals surface area contributed by atoms with Crippen LogP contribution in [0.3, 0.4) is 0 Å². The average molecular weight is 468 g/mol. The Morgan fingerprint density at radius 3 is 2.74 bits per heavy atom. The van der Waals surface area contributed by atoms with Crippen LogP contribution in [0.4, 0.5) is 5.95 Å². The number of rotatable bonds is 7. The van der Waals surface area contributed by atoms with E-state index in [2.05, 4.69) is 21.5 Å². The number of hydrogen-bond donors (Lipinski definition) is 2. The molecule has 0 radical (unpaired) electrons. The Morgan fingerprint density at radius 1 is 1.24 bits per heavy atom. The van der Waals surface area contributed by atoms with Crippen molar-refractivity contribution in [1.82, 2.24) is 29.3 Å². The van der Waals surface area contributed by atoms with Crippen LogP contribution in [0.25, 0.3) is 16.6 Å². The summed E-state index contributed by atoms with van der Waals surface area (Å²) in [5.41, 5.74) is 3.97. The van der Waals surface area contributed by atoms with Crippen molar-refractivity contribution in [3.8, 4) is 11.1 Å².